The molecule has 2 amide bonds. The molecular weight excluding hydrogens is 338 g/mol. The smallest absolute Gasteiger partial charge is 0.227 e. The third-order valence-corrected chi connectivity index (χ3v) is 5.39. The van der Waals surface area contributed by atoms with E-state index >= 15 is 0 Å². The Hall–Kier alpha value is -2.56. The molecule has 1 fully saturated rings. The van der Waals surface area contributed by atoms with Gasteiger partial charge in [-0.1, -0.05) is 17.7 Å². The first kappa shape index (κ1) is 19.2. The van der Waals surface area contributed by atoms with Crippen molar-refractivity contribution in [2.24, 2.45) is 0 Å². The van der Waals surface area contributed by atoms with Crippen LogP contribution < -0.4 is 0 Å². The minimum absolute atomic E-state index is 0.133. The van der Waals surface area contributed by atoms with Crippen LogP contribution in [0.1, 0.15) is 34.2 Å². The monoisotopic (exact) mass is 367 g/mol. The molecule has 1 aliphatic rings. The van der Waals surface area contributed by atoms with E-state index in [0.29, 0.717) is 25.9 Å². The normalized spacial score (nSPS) is 14.9. The van der Waals surface area contributed by atoms with Gasteiger partial charge in [-0.25, -0.2) is 0 Å². The van der Waals surface area contributed by atoms with E-state index in [1.54, 1.807) is 0 Å². The van der Waals surface area contributed by atoms with Gasteiger partial charge in [-0.3, -0.25) is 9.59 Å². The van der Waals surface area contributed by atoms with Crippen LogP contribution in [0.2, 0.25) is 0 Å². The van der Waals surface area contributed by atoms with Gasteiger partial charge in [-0.05, 0) is 55.5 Å². The molecule has 0 atom stereocenters. The van der Waals surface area contributed by atoms with Crippen molar-refractivity contribution in [3.8, 4) is 0 Å². The first-order valence-electron chi connectivity index (χ1n) is 9.68. The Balaban J connectivity index is 1.59. The maximum absolute atomic E-state index is 12.9. The number of carbonyl (C=O) groups excluding carboxylic acids is 2. The van der Waals surface area contributed by atoms with Crippen LogP contribution in [0.15, 0.2) is 30.6 Å². The minimum Gasteiger partial charge on any atom is -0.367 e. The van der Waals surface area contributed by atoms with Crippen molar-refractivity contribution >= 4 is 11.8 Å². The average Bonchev–Trinajstić information content (AvgIpc) is 2.99. The predicted molar refractivity (Wildman–Crippen MR) is 107 cm³/mol. The van der Waals surface area contributed by atoms with Gasteiger partial charge in [-0.15, -0.1) is 0 Å². The molecule has 0 radical (unpaired) electrons. The summed E-state index contributed by atoms with van der Waals surface area (Å²) in [4.78, 5) is 32.2. The number of benzene rings is 1. The van der Waals surface area contributed by atoms with Gasteiger partial charge in [0, 0.05) is 38.6 Å². The van der Waals surface area contributed by atoms with E-state index in [-0.39, 0.29) is 11.8 Å². The second-order valence-electron chi connectivity index (χ2n) is 7.57. The molecule has 5 heteroatoms. The molecule has 1 aromatic carbocycles. The summed E-state index contributed by atoms with van der Waals surface area (Å²) in [5.41, 5.74) is 5.73. The molecule has 5 nitrogen and oxygen atoms in total. The fraction of sp³-hybridized carbons (Fsp3) is 0.455. The summed E-state index contributed by atoms with van der Waals surface area (Å²) in [6, 6.07) is 6.21. The standard InChI is InChI=1S/C22H29N3O2/c1-16-11-17(2)20(18(3)12-16)14-22(27)25-8-4-7-24(9-10-25)21(26)13-19-5-6-23-15-19/h5-6,11-12,15,23H,4,7-10,13-14H2,1-3H3. The van der Waals surface area contributed by atoms with E-state index in [4.69, 9.17) is 0 Å². The zero-order chi connectivity index (χ0) is 19.4. The SMILES string of the molecule is Cc1cc(C)c(CC(=O)N2CCCN(C(=O)Cc3cc[nH]c3)CC2)c(C)c1. The summed E-state index contributed by atoms with van der Waals surface area (Å²) in [7, 11) is 0. The van der Waals surface area contributed by atoms with Crippen LogP contribution in [-0.2, 0) is 22.4 Å². The number of H-pyrrole nitrogens is 1. The molecule has 144 valence electrons. The van der Waals surface area contributed by atoms with Crippen molar-refractivity contribution in [3.05, 3.63) is 58.4 Å². The summed E-state index contributed by atoms with van der Waals surface area (Å²) in [6.45, 7) is 8.90. The molecule has 0 spiro atoms. The zero-order valence-corrected chi connectivity index (χ0v) is 16.5. The molecule has 3 rings (SSSR count). The average molecular weight is 367 g/mol. The van der Waals surface area contributed by atoms with Gasteiger partial charge in [-0.2, -0.15) is 0 Å². The number of aromatic nitrogens is 1. The van der Waals surface area contributed by atoms with Crippen molar-refractivity contribution in [3.63, 3.8) is 0 Å². The molecule has 1 saturated heterocycles. The van der Waals surface area contributed by atoms with Crippen molar-refractivity contribution in [1.29, 1.82) is 0 Å². The number of aromatic amines is 1. The summed E-state index contributed by atoms with van der Waals surface area (Å²) >= 11 is 0. The Kier molecular flexibility index (Phi) is 5.99. The Morgan fingerprint density at radius 2 is 1.52 bits per heavy atom. The third-order valence-electron chi connectivity index (χ3n) is 5.39. The van der Waals surface area contributed by atoms with Crippen LogP contribution in [0.5, 0.6) is 0 Å². The van der Waals surface area contributed by atoms with Crippen LogP contribution in [0.25, 0.3) is 0 Å². The quantitative estimate of drug-likeness (QED) is 0.903. The maximum atomic E-state index is 12.9. The molecule has 2 aromatic rings. The number of aryl methyl sites for hydroxylation is 3. The molecule has 1 N–H and O–H groups in total. The molecule has 1 aromatic heterocycles. The fourth-order valence-corrected chi connectivity index (χ4v) is 3.92. The van der Waals surface area contributed by atoms with Gasteiger partial charge in [0.2, 0.25) is 11.8 Å². The zero-order valence-electron chi connectivity index (χ0n) is 16.5. The highest BCUT2D eigenvalue weighted by atomic mass is 16.2. The largest absolute Gasteiger partial charge is 0.367 e. The Morgan fingerprint density at radius 3 is 2.07 bits per heavy atom. The van der Waals surface area contributed by atoms with Crippen LogP contribution in [0, 0.1) is 20.8 Å². The highest BCUT2D eigenvalue weighted by Crippen LogP contribution is 2.18. The van der Waals surface area contributed by atoms with Gasteiger partial charge in [0.1, 0.15) is 0 Å². The van der Waals surface area contributed by atoms with Gasteiger partial charge in [0.15, 0.2) is 0 Å². The van der Waals surface area contributed by atoms with E-state index in [0.717, 1.165) is 30.6 Å². The lowest BCUT2D eigenvalue weighted by molar-refractivity contribution is -0.132. The van der Waals surface area contributed by atoms with Crippen molar-refractivity contribution in [2.45, 2.75) is 40.0 Å². The van der Waals surface area contributed by atoms with Crippen LogP contribution in [-0.4, -0.2) is 52.8 Å². The Bertz CT molecular complexity index is 788. The molecule has 1 aliphatic heterocycles. The second-order valence-corrected chi connectivity index (χ2v) is 7.57. The number of amides is 2. The van der Waals surface area contributed by atoms with Crippen molar-refractivity contribution < 1.29 is 9.59 Å². The lowest BCUT2D eigenvalue weighted by atomic mass is 9.97. The summed E-state index contributed by atoms with van der Waals surface area (Å²) < 4.78 is 0. The number of rotatable bonds is 4. The highest BCUT2D eigenvalue weighted by molar-refractivity contribution is 5.81. The molecule has 2 heterocycles. The number of carbonyl (C=O) groups is 2. The lowest BCUT2D eigenvalue weighted by Crippen LogP contribution is -2.38. The molecule has 27 heavy (non-hydrogen) atoms. The molecule has 0 saturated carbocycles. The fourth-order valence-electron chi connectivity index (χ4n) is 3.92. The summed E-state index contributed by atoms with van der Waals surface area (Å²) in [5.74, 6) is 0.291. The van der Waals surface area contributed by atoms with Gasteiger partial charge < -0.3 is 14.8 Å². The Morgan fingerprint density at radius 1 is 0.926 bits per heavy atom. The lowest BCUT2D eigenvalue weighted by Gasteiger charge is -2.23. The second kappa shape index (κ2) is 8.42. The van der Waals surface area contributed by atoms with E-state index in [2.05, 4.69) is 37.9 Å². The van der Waals surface area contributed by atoms with Crippen molar-refractivity contribution in [1.82, 2.24) is 14.8 Å². The molecular formula is C22H29N3O2. The number of nitrogens with zero attached hydrogens (tertiary/aromatic N) is 2. The van der Waals surface area contributed by atoms with Gasteiger partial charge >= 0.3 is 0 Å². The first-order valence-corrected chi connectivity index (χ1v) is 9.68. The van der Waals surface area contributed by atoms with E-state index in [1.807, 2.05) is 28.3 Å². The summed E-state index contributed by atoms with van der Waals surface area (Å²) in [6.07, 6.45) is 5.38. The van der Waals surface area contributed by atoms with Crippen molar-refractivity contribution in [2.75, 3.05) is 26.2 Å². The minimum atomic E-state index is 0.133. The molecule has 0 unspecified atom stereocenters. The predicted octanol–water partition coefficient (Wildman–Crippen LogP) is 2.79. The van der Waals surface area contributed by atoms with E-state index in [9.17, 15) is 9.59 Å². The first-order chi connectivity index (χ1) is 12.9. The number of hydrogen-bond donors (Lipinski definition) is 1. The van der Waals surface area contributed by atoms with Crippen LogP contribution in [0.4, 0.5) is 0 Å². The molecule has 0 aliphatic carbocycles. The summed E-state index contributed by atoms with van der Waals surface area (Å²) in [5, 5.41) is 0. The number of hydrogen-bond acceptors (Lipinski definition) is 2. The topological polar surface area (TPSA) is 56.4 Å². The van der Waals surface area contributed by atoms with Crippen LogP contribution >= 0.6 is 0 Å². The van der Waals surface area contributed by atoms with E-state index < -0.39 is 0 Å². The number of nitrogens with one attached hydrogen (secondary N) is 1. The van der Waals surface area contributed by atoms with Gasteiger partial charge in [0.25, 0.3) is 0 Å². The highest BCUT2D eigenvalue weighted by Gasteiger charge is 2.23. The molecule has 0 bridgehead atoms. The van der Waals surface area contributed by atoms with E-state index in [1.165, 1.54) is 16.7 Å². The maximum Gasteiger partial charge on any atom is 0.227 e. The van der Waals surface area contributed by atoms with Crippen LogP contribution in [0.3, 0.4) is 0 Å². The third kappa shape index (κ3) is 4.79. The van der Waals surface area contributed by atoms with Gasteiger partial charge in [0.05, 0.1) is 12.8 Å². The Labute approximate surface area is 161 Å².